The summed E-state index contributed by atoms with van der Waals surface area (Å²) in [5, 5.41) is 22.3. The molecule has 2 aliphatic rings. The van der Waals surface area contributed by atoms with E-state index < -0.39 is 11.9 Å². The van der Waals surface area contributed by atoms with Crippen molar-refractivity contribution in [1.82, 2.24) is 10.2 Å². The summed E-state index contributed by atoms with van der Waals surface area (Å²) >= 11 is 5.94. The molecule has 0 bridgehead atoms. The largest absolute Gasteiger partial charge is 0.492 e. The Labute approximate surface area is 187 Å². The number of fused-ring (bicyclic) bond motifs is 1. The van der Waals surface area contributed by atoms with Crippen molar-refractivity contribution in [3.8, 4) is 11.8 Å². The van der Waals surface area contributed by atoms with Crippen LogP contribution in [0.4, 0.5) is 0 Å². The minimum Gasteiger partial charge on any atom is -0.492 e. The molecule has 1 saturated carbocycles. The third-order valence-corrected chi connectivity index (χ3v) is 6.47. The number of carboxylic acids is 1. The Morgan fingerprint density at radius 1 is 1.16 bits per heavy atom. The lowest BCUT2D eigenvalue weighted by Gasteiger charge is -2.20. The highest BCUT2D eigenvalue weighted by atomic mass is 35.5. The molecule has 4 rings (SSSR count). The van der Waals surface area contributed by atoms with Gasteiger partial charge in [0.05, 0.1) is 6.07 Å². The van der Waals surface area contributed by atoms with Gasteiger partial charge >= 0.3 is 5.97 Å². The Hall–Kier alpha value is -2.59. The fourth-order valence-corrected chi connectivity index (χ4v) is 4.50. The molecule has 2 N–H and O–H groups in total. The maximum absolute atomic E-state index is 11.0. The number of carboxylic acid groups (broad SMARTS) is 1. The maximum Gasteiger partial charge on any atom is 0.321 e. The van der Waals surface area contributed by atoms with Gasteiger partial charge in [-0.05, 0) is 53.6 Å². The van der Waals surface area contributed by atoms with E-state index >= 15 is 0 Å². The number of aliphatic carboxylic acids is 1. The van der Waals surface area contributed by atoms with Gasteiger partial charge in [-0.1, -0.05) is 35.9 Å². The zero-order valence-electron chi connectivity index (χ0n) is 17.2. The molecule has 0 amide bonds. The number of piperidine rings is 1. The number of nitrogens with one attached hydrogen (secondary N) is 1. The summed E-state index contributed by atoms with van der Waals surface area (Å²) in [6, 6.07) is 17.7. The third-order valence-electron chi connectivity index (χ3n) is 6.22. The van der Waals surface area contributed by atoms with E-state index in [-0.39, 0.29) is 6.42 Å². The van der Waals surface area contributed by atoms with Crippen LogP contribution in [-0.2, 0) is 17.8 Å². The van der Waals surface area contributed by atoms with Crippen LogP contribution >= 0.6 is 11.6 Å². The van der Waals surface area contributed by atoms with Gasteiger partial charge in [0.2, 0.25) is 0 Å². The monoisotopic (exact) mass is 439 g/mol. The Morgan fingerprint density at radius 2 is 1.81 bits per heavy atom. The summed E-state index contributed by atoms with van der Waals surface area (Å²) in [6.07, 6.45) is 0.204. The SMILES string of the molecule is N#C[C@H](Cc1ccc(OCCN2CC3C(NCc4ccc(Cl)cc4)[C@H]3C2)cc1)C(=O)O. The maximum atomic E-state index is 11.0. The van der Waals surface area contributed by atoms with E-state index in [4.69, 9.17) is 26.7 Å². The van der Waals surface area contributed by atoms with Gasteiger partial charge in [-0.25, -0.2) is 0 Å². The predicted octanol–water partition coefficient (Wildman–Crippen LogP) is 3.21. The van der Waals surface area contributed by atoms with Crippen LogP contribution in [0.15, 0.2) is 48.5 Å². The number of benzene rings is 2. The number of nitrogens with zero attached hydrogens (tertiary/aromatic N) is 2. The molecule has 0 spiro atoms. The van der Waals surface area contributed by atoms with Crippen molar-refractivity contribution in [3.63, 3.8) is 0 Å². The van der Waals surface area contributed by atoms with Crippen molar-refractivity contribution < 1.29 is 14.6 Å². The van der Waals surface area contributed by atoms with E-state index in [1.54, 1.807) is 0 Å². The molecule has 31 heavy (non-hydrogen) atoms. The molecule has 2 fully saturated rings. The van der Waals surface area contributed by atoms with Crippen LogP contribution in [0.2, 0.25) is 5.02 Å². The van der Waals surface area contributed by atoms with Gasteiger partial charge in [-0.2, -0.15) is 5.26 Å². The number of nitriles is 1. The van der Waals surface area contributed by atoms with Crippen molar-refractivity contribution in [2.75, 3.05) is 26.2 Å². The number of rotatable bonds is 10. The number of carbonyl (C=O) groups is 1. The Balaban J connectivity index is 1.13. The Morgan fingerprint density at radius 3 is 2.42 bits per heavy atom. The standard InChI is InChI=1S/C24H26ClN3O3/c25-19-5-1-17(2-6-19)13-27-23-21-14-28(15-22(21)23)9-10-31-20-7-3-16(4-8-20)11-18(12-26)24(29)30/h1-8,18,21-23,27H,9-11,13-15H2,(H,29,30)/t18-,21-,22?,23?/m0/s1. The smallest absolute Gasteiger partial charge is 0.321 e. The molecule has 1 heterocycles. The lowest BCUT2D eigenvalue weighted by Crippen LogP contribution is -2.33. The number of halogens is 1. The second-order valence-electron chi connectivity index (χ2n) is 8.34. The van der Waals surface area contributed by atoms with Gasteiger partial charge in [-0.3, -0.25) is 9.69 Å². The highest BCUT2D eigenvalue weighted by Gasteiger charge is 2.55. The van der Waals surface area contributed by atoms with Crippen LogP contribution in [0.1, 0.15) is 11.1 Å². The summed E-state index contributed by atoms with van der Waals surface area (Å²) in [5.74, 6) is 0.119. The zero-order valence-corrected chi connectivity index (χ0v) is 18.0. The molecule has 1 aliphatic heterocycles. The highest BCUT2D eigenvalue weighted by molar-refractivity contribution is 6.30. The fourth-order valence-electron chi connectivity index (χ4n) is 4.38. The average molecular weight is 440 g/mol. The minimum absolute atomic E-state index is 0.204. The Bertz CT molecular complexity index is 930. The molecular weight excluding hydrogens is 414 g/mol. The van der Waals surface area contributed by atoms with Gasteiger partial charge in [0, 0.05) is 37.2 Å². The van der Waals surface area contributed by atoms with E-state index in [1.165, 1.54) is 5.56 Å². The molecule has 1 aliphatic carbocycles. The first-order valence-corrected chi connectivity index (χ1v) is 11.0. The number of ether oxygens (including phenoxy) is 1. The van der Waals surface area contributed by atoms with Crippen LogP contribution < -0.4 is 10.1 Å². The van der Waals surface area contributed by atoms with E-state index in [2.05, 4.69) is 22.3 Å². The van der Waals surface area contributed by atoms with Crippen LogP contribution in [0.5, 0.6) is 5.75 Å². The molecule has 162 valence electrons. The average Bonchev–Trinajstić information content (AvgIpc) is 3.22. The molecule has 2 aromatic rings. The number of hydrogen-bond donors (Lipinski definition) is 2. The van der Waals surface area contributed by atoms with Crippen molar-refractivity contribution in [1.29, 1.82) is 5.26 Å². The second-order valence-corrected chi connectivity index (χ2v) is 8.77. The van der Waals surface area contributed by atoms with Gasteiger partial charge < -0.3 is 15.2 Å². The minimum atomic E-state index is -1.09. The molecule has 7 heteroatoms. The highest BCUT2D eigenvalue weighted by Crippen LogP contribution is 2.45. The fraction of sp³-hybridized carbons (Fsp3) is 0.417. The first kappa shape index (κ1) is 21.6. The van der Waals surface area contributed by atoms with Gasteiger partial charge in [0.15, 0.2) is 0 Å². The first-order chi connectivity index (χ1) is 15.0. The van der Waals surface area contributed by atoms with E-state index in [1.807, 2.05) is 42.5 Å². The zero-order chi connectivity index (χ0) is 21.8. The molecular formula is C24H26ClN3O3. The summed E-state index contributed by atoms with van der Waals surface area (Å²) < 4.78 is 5.84. The Kier molecular flexibility index (Phi) is 6.77. The van der Waals surface area contributed by atoms with Crippen molar-refractivity contribution in [2.45, 2.75) is 19.0 Å². The number of hydrogen-bond acceptors (Lipinski definition) is 5. The second kappa shape index (κ2) is 9.69. The predicted molar refractivity (Wildman–Crippen MR) is 118 cm³/mol. The lowest BCUT2D eigenvalue weighted by atomic mass is 10.0. The quantitative estimate of drug-likeness (QED) is 0.591. The van der Waals surface area contributed by atoms with E-state index in [9.17, 15) is 4.79 Å². The summed E-state index contributed by atoms with van der Waals surface area (Å²) in [4.78, 5) is 13.4. The van der Waals surface area contributed by atoms with E-state index in [0.717, 1.165) is 54.4 Å². The molecule has 1 saturated heterocycles. The van der Waals surface area contributed by atoms with Gasteiger partial charge in [0.25, 0.3) is 0 Å². The molecule has 2 aromatic carbocycles. The molecule has 6 nitrogen and oxygen atoms in total. The van der Waals surface area contributed by atoms with E-state index in [0.29, 0.717) is 12.6 Å². The summed E-state index contributed by atoms with van der Waals surface area (Å²) in [7, 11) is 0. The van der Waals surface area contributed by atoms with Crippen LogP contribution in [0, 0.1) is 29.1 Å². The topological polar surface area (TPSA) is 85.6 Å². The summed E-state index contributed by atoms with van der Waals surface area (Å²) in [6.45, 7) is 4.62. The molecule has 0 radical (unpaired) electrons. The van der Waals surface area contributed by atoms with Crippen LogP contribution in [-0.4, -0.2) is 48.3 Å². The van der Waals surface area contributed by atoms with Crippen molar-refractivity contribution in [2.24, 2.45) is 17.8 Å². The van der Waals surface area contributed by atoms with Crippen molar-refractivity contribution in [3.05, 3.63) is 64.7 Å². The lowest BCUT2D eigenvalue weighted by molar-refractivity contribution is -0.139. The molecule has 4 atom stereocenters. The van der Waals surface area contributed by atoms with Crippen LogP contribution in [0.3, 0.4) is 0 Å². The molecule has 2 unspecified atom stereocenters. The van der Waals surface area contributed by atoms with Crippen molar-refractivity contribution >= 4 is 17.6 Å². The van der Waals surface area contributed by atoms with Crippen LogP contribution in [0.25, 0.3) is 0 Å². The molecule has 0 aromatic heterocycles. The summed E-state index contributed by atoms with van der Waals surface area (Å²) in [5.41, 5.74) is 2.08. The third kappa shape index (κ3) is 5.56. The van der Waals surface area contributed by atoms with Gasteiger partial charge in [-0.15, -0.1) is 0 Å². The first-order valence-electron chi connectivity index (χ1n) is 10.6. The normalized spacial score (nSPS) is 23.0. The van der Waals surface area contributed by atoms with Gasteiger partial charge in [0.1, 0.15) is 18.3 Å². The number of likely N-dealkylation sites (tertiary alicyclic amines) is 1.